The highest BCUT2D eigenvalue weighted by molar-refractivity contribution is 9.10. The lowest BCUT2D eigenvalue weighted by atomic mass is 10.1. The van der Waals surface area contributed by atoms with E-state index in [1.54, 1.807) is 23.9 Å². The van der Waals surface area contributed by atoms with Crippen molar-refractivity contribution in [1.29, 1.82) is 0 Å². The third kappa shape index (κ3) is 5.29. The Morgan fingerprint density at radius 2 is 2.10 bits per heavy atom. The first-order valence-corrected chi connectivity index (χ1v) is 8.73. The Labute approximate surface area is 142 Å². The van der Waals surface area contributed by atoms with Crippen molar-refractivity contribution >= 4 is 39.3 Å². The SMILES string of the molecule is CNC(CSc1cccc(Cl)c1)Cc1cc(F)ccc1Br. The lowest BCUT2D eigenvalue weighted by Gasteiger charge is -2.17. The van der Waals surface area contributed by atoms with E-state index in [0.29, 0.717) is 0 Å². The number of halogens is 3. The Morgan fingerprint density at radius 3 is 2.81 bits per heavy atom. The van der Waals surface area contributed by atoms with Crippen molar-refractivity contribution in [2.45, 2.75) is 17.4 Å². The Hall–Kier alpha value is -0.550. The van der Waals surface area contributed by atoms with Gasteiger partial charge in [0.2, 0.25) is 0 Å². The molecule has 0 heterocycles. The normalized spacial score (nSPS) is 12.4. The van der Waals surface area contributed by atoms with Gasteiger partial charge >= 0.3 is 0 Å². The van der Waals surface area contributed by atoms with Crippen LogP contribution < -0.4 is 5.32 Å². The zero-order valence-corrected chi connectivity index (χ0v) is 14.7. The summed E-state index contributed by atoms with van der Waals surface area (Å²) in [5.41, 5.74) is 0.973. The highest BCUT2D eigenvalue weighted by Crippen LogP contribution is 2.24. The molecule has 0 saturated heterocycles. The molecule has 2 aromatic rings. The van der Waals surface area contributed by atoms with E-state index in [4.69, 9.17) is 11.6 Å². The van der Waals surface area contributed by atoms with Gasteiger partial charge in [0.15, 0.2) is 0 Å². The fraction of sp³-hybridized carbons (Fsp3) is 0.250. The van der Waals surface area contributed by atoms with Gasteiger partial charge in [-0.2, -0.15) is 0 Å². The number of hydrogen-bond acceptors (Lipinski definition) is 2. The molecule has 2 rings (SSSR count). The molecule has 1 unspecified atom stereocenters. The third-order valence-electron chi connectivity index (χ3n) is 3.13. The smallest absolute Gasteiger partial charge is 0.123 e. The zero-order valence-electron chi connectivity index (χ0n) is 11.6. The van der Waals surface area contributed by atoms with E-state index in [1.807, 2.05) is 31.3 Å². The van der Waals surface area contributed by atoms with E-state index in [-0.39, 0.29) is 11.9 Å². The maximum atomic E-state index is 13.3. The third-order valence-corrected chi connectivity index (χ3v) is 5.29. The van der Waals surface area contributed by atoms with Crippen molar-refractivity contribution in [1.82, 2.24) is 5.32 Å². The van der Waals surface area contributed by atoms with Gasteiger partial charge in [-0.05, 0) is 55.4 Å². The average Bonchev–Trinajstić information content (AvgIpc) is 2.47. The van der Waals surface area contributed by atoms with Crippen molar-refractivity contribution in [2.24, 2.45) is 0 Å². The standard InChI is InChI=1S/C16H16BrClFNS/c1-20-14(8-11-7-13(19)5-6-16(11)17)10-21-15-4-2-3-12(18)9-15/h2-7,9,14,20H,8,10H2,1H3. The molecule has 0 aromatic heterocycles. The molecule has 0 fully saturated rings. The van der Waals surface area contributed by atoms with Crippen LogP contribution in [0.5, 0.6) is 0 Å². The van der Waals surface area contributed by atoms with Gasteiger partial charge in [0.05, 0.1) is 0 Å². The van der Waals surface area contributed by atoms with E-state index >= 15 is 0 Å². The van der Waals surface area contributed by atoms with Crippen LogP contribution in [-0.2, 0) is 6.42 Å². The molecule has 1 N–H and O–H groups in total. The van der Waals surface area contributed by atoms with Crippen LogP contribution in [0.3, 0.4) is 0 Å². The molecule has 0 aliphatic rings. The zero-order chi connectivity index (χ0) is 15.2. The van der Waals surface area contributed by atoms with E-state index in [1.165, 1.54) is 6.07 Å². The van der Waals surface area contributed by atoms with Crippen LogP contribution in [0, 0.1) is 5.82 Å². The van der Waals surface area contributed by atoms with Gasteiger partial charge in [-0.3, -0.25) is 0 Å². The van der Waals surface area contributed by atoms with Gasteiger partial charge in [-0.1, -0.05) is 33.6 Å². The number of hydrogen-bond donors (Lipinski definition) is 1. The Kier molecular flexibility index (Phi) is 6.55. The number of thioether (sulfide) groups is 1. The van der Waals surface area contributed by atoms with E-state index in [9.17, 15) is 4.39 Å². The van der Waals surface area contributed by atoms with Crippen LogP contribution in [0.1, 0.15) is 5.56 Å². The summed E-state index contributed by atoms with van der Waals surface area (Å²) in [5, 5.41) is 4.03. The average molecular weight is 389 g/mol. The van der Waals surface area contributed by atoms with E-state index in [2.05, 4.69) is 21.2 Å². The van der Waals surface area contributed by atoms with Crippen molar-refractivity contribution in [2.75, 3.05) is 12.8 Å². The molecule has 0 aliphatic heterocycles. The van der Waals surface area contributed by atoms with Crippen LogP contribution in [0.4, 0.5) is 4.39 Å². The molecule has 0 amide bonds. The summed E-state index contributed by atoms with van der Waals surface area (Å²) in [6.07, 6.45) is 0.766. The van der Waals surface area contributed by atoms with E-state index in [0.717, 1.165) is 32.1 Å². The first kappa shape index (κ1) is 16.8. The molecule has 0 bridgehead atoms. The maximum absolute atomic E-state index is 13.3. The summed E-state index contributed by atoms with van der Waals surface area (Å²) in [6, 6.07) is 12.9. The van der Waals surface area contributed by atoms with Gasteiger partial charge in [0.1, 0.15) is 5.82 Å². The Morgan fingerprint density at radius 1 is 1.29 bits per heavy atom. The molecule has 21 heavy (non-hydrogen) atoms. The van der Waals surface area contributed by atoms with Crippen LogP contribution in [0.25, 0.3) is 0 Å². The highest BCUT2D eigenvalue weighted by Gasteiger charge is 2.11. The number of rotatable bonds is 6. The molecular formula is C16H16BrClFNS. The van der Waals surface area contributed by atoms with Gasteiger partial charge in [-0.25, -0.2) is 4.39 Å². The number of nitrogens with one attached hydrogen (secondary N) is 1. The molecule has 2 aromatic carbocycles. The fourth-order valence-electron chi connectivity index (χ4n) is 1.96. The number of benzene rings is 2. The van der Waals surface area contributed by atoms with Gasteiger partial charge < -0.3 is 5.32 Å². The Balaban J connectivity index is 1.98. The molecule has 0 saturated carbocycles. The van der Waals surface area contributed by atoms with Gasteiger partial charge in [0, 0.05) is 26.2 Å². The summed E-state index contributed by atoms with van der Waals surface area (Å²) >= 11 is 11.2. The molecule has 5 heteroatoms. The molecule has 1 atom stereocenters. The monoisotopic (exact) mass is 387 g/mol. The molecule has 112 valence electrons. The Bertz CT molecular complexity index is 609. The van der Waals surface area contributed by atoms with Crippen molar-refractivity contribution in [3.63, 3.8) is 0 Å². The predicted molar refractivity (Wildman–Crippen MR) is 92.8 cm³/mol. The minimum Gasteiger partial charge on any atom is -0.316 e. The first-order valence-electron chi connectivity index (χ1n) is 6.58. The second-order valence-electron chi connectivity index (χ2n) is 4.69. The summed E-state index contributed by atoms with van der Waals surface area (Å²) < 4.78 is 14.3. The van der Waals surface area contributed by atoms with Gasteiger partial charge in [0.25, 0.3) is 0 Å². The largest absolute Gasteiger partial charge is 0.316 e. The van der Waals surface area contributed by atoms with Crippen molar-refractivity contribution in [3.8, 4) is 0 Å². The molecule has 0 spiro atoms. The second-order valence-corrected chi connectivity index (χ2v) is 7.08. The van der Waals surface area contributed by atoms with Crippen molar-refractivity contribution < 1.29 is 4.39 Å². The van der Waals surface area contributed by atoms with Crippen LogP contribution >= 0.6 is 39.3 Å². The number of likely N-dealkylation sites (N-methyl/N-ethyl adjacent to an activating group) is 1. The van der Waals surface area contributed by atoms with Crippen LogP contribution in [-0.4, -0.2) is 18.8 Å². The molecule has 0 aliphatic carbocycles. The predicted octanol–water partition coefficient (Wildman–Crippen LogP) is 5.16. The quantitative estimate of drug-likeness (QED) is 0.686. The highest BCUT2D eigenvalue weighted by atomic mass is 79.9. The molecule has 0 radical (unpaired) electrons. The van der Waals surface area contributed by atoms with Crippen LogP contribution in [0.2, 0.25) is 5.02 Å². The summed E-state index contributed by atoms with van der Waals surface area (Å²) in [7, 11) is 1.93. The first-order chi connectivity index (χ1) is 10.1. The lowest BCUT2D eigenvalue weighted by Crippen LogP contribution is -2.30. The topological polar surface area (TPSA) is 12.0 Å². The van der Waals surface area contributed by atoms with Gasteiger partial charge in [-0.15, -0.1) is 11.8 Å². The fourth-order valence-corrected chi connectivity index (χ4v) is 3.69. The minimum atomic E-state index is -0.203. The second kappa shape index (κ2) is 8.18. The van der Waals surface area contributed by atoms with Crippen LogP contribution in [0.15, 0.2) is 51.8 Å². The maximum Gasteiger partial charge on any atom is 0.123 e. The molecular weight excluding hydrogens is 373 g/mol. The molecule has 1 nitrogen and oxygen atoms in total. The summed E-state index contributed by atoms with van der Waals surface area (Å²) in [4.78, 5) is 1.14. The summed E-state index contributed by atoms with van der Waals surface area (Å²) in [6.45, 7) is 0. The minimum absolute atomic E-state index is 0.203. The summed E-state index contributed by atoms with van der Waals surface area (Å²) in [5.74, 6) is 0.685. The lowest BCUT2D eigenvalue weighted by molar-refractivity contribution is 0.601. The van der Waals surface area contributed by atoms with E-state index < -0.39 is 0 Å². The van der Waals surface area contributed by atoms with Crippen molar-refractivity contribution in [3.05, 3.63) is 63.3 Å².